The van der Waals surface area contributed by atoms with E-state index in [0.717, 1.165) is 7.11 Å². The highest BCUT2D eigenvalue weighted by Gasteiger charge is 2.48. The van der Waals surface area contributed by atoms with E-state index in [4.69, 9.17) is 10.2 Å². The quantitative estimate of drug-likeness (QED) is 0.308. The minimum Gasteiger partial charge on any atom is -0.376 e. The average molecular weight is 233 g/mol. The lowest BCUT2D eigenvalue weighted by atomic mass is 10.4. The maximum atomic E-state index is 11.6. The Morgan fingerprint density at radius 3 is 2.50 bits per heavy atom. The van der Waals surface area contributed by atoms with Gasteiger partial charge in [-0.2, -0.15) is 0 Å². The lowest BCUT2D eigenvalue weighted by molar-refractivity contribution is -0.162. The van der Waals surface area contributed by atoms with Gasteiger partial charge in [0.2, 0.25) is 6.41 Å². The summed E-state index contributed by atoms with van der Waals surface area (Å²) in [6, 6.07) is -0.903. The predicted molar refractivity (Wildman–Crippen MR) is 47.0 cm³/mol. The first-order chi connectivity index (χ1) is 7.62. The number of aliphatic hydroxyl groups excluding tert-OH is 2. The number of hydrogen-bond acceptors (Lipinski definition) is 6. The molecule has 1 unspecified atom stereocenters. The van der Waals surface area contributed by atoms with Crippen LogP contribution >= 0.6 is 0 Å². The Hall–Kier alpha value is -1.71. The van der Waals surface area contributed by atoms with E-state index >= 15 is 0 Å². The molecule has 16 heavy (non-hydrogen) atoms. The summed E-state index contributed by atoms with van der Waals surface area (Å²) in [5.74, 6) is -0.859. The van der Waals surface area contributed by atoms with E-state index in [1.165, 1.54) is 0 Å². The zero-order valence-electron chi connectivity index (χ0n) is 8.44. The van der Waals surface area contributed by atoms with Crippen molar-refractivity contribution in [2.75, 3.05) is 20.6 Å². The Balaban J connectivity index is 3.02. The molecule has 0 saturated carbocycles. The molecule has 1 rings (SSSR count). The second-order valence-corrected chi connectivity index (χ2v) is 2.84. The van der Waals surface area contributed by atoms with Crippen LogP contribution in [0.3, 0.4) is 0 Å². The summed E-state index contributed by atoms with van der Waals surface area (Å²) >= 11 is 0. The molecule has 4 amide bonds. The van der Waals surface area contributed by atoms with Crippen LogP contribution in [0.2, 0.25) is 0 Å². The Labute approximate surface area is 90.3 Å². The molecule has 1 fully saturated rings. The summed E-state index contributed by atoms with van der Waals surface area (Å²) in [6.07, 6.45) is -1.20. The molecule has 0 aromatic heterocycles. The third-order valence-corrected chi connectivity index (χ3v) is 2.08. The van der Waals surface area contributed by atoms with Gasteiger partial charge in [0.1, 0.15) is 13.5 Å². The first kappa shape index (κ1) is 12.4. The van der Waals surface area contributed by atoms with Crippen molar-refractivity contribution >= 4 is 18.3 Å². The fourth-order valence-electron chi connectivity index (χ4n) is 1.35. The first-order valence-corrected chi connectivity index (χ1v) is 4.23. The van der Waals surface area contributed by atoms with Crippen LogP contribution in [0.4, 0.5) is 4.79 Å². The van der Waals surface area contributed by atoms with Crippen molar-refractivity contribution in [2.45, 2.75) is 6.17 Å². The predicted octanol–water partition coefficient (Wildman–Crippen LogP) is -2.50. The summed E-state index contributed by atoms with van der Waals surface area (Å²) < 4.78 is 0. The van der Waals surface area contributed by atoms with Gasteiger partial charge < -0.3 is 10.2 Å². The van der Waals surface area contributed by atoms with Gasteiger partial charge in [0.05, 0.1) is 7.11 Å². The Kier molecular flexibility index (Phi) is 3.77. The summed E-state index contributed by atoms with van der Waals surface area (Å²) in [6.45, 7) is -1.54. The number of hydroxylamine groups is 2. The highest BCUT2D eigenvalue weighted by molar-refractivity contribution is 6.03. The zero-order chi connectivity index (χ0) is 12.3. The molecule has 9 nitrogen and oxygen atoms in total. The fraction of sp³-hybridized carbons (Fsp3) is 0.571. The monoisotopic (exact) mass is 233 g/mol. The second kappa shape index (κ2) is 4.88. The number of hydrogen-bond donors (Lipinski definition) is 2. The minimum atomic E-state index is -1.39. The molecule has 1 heterocycles. The van der Waals surface area contributed by atoms with E-state index < -0.39 is 31.6 Å². The maximum Gasteiger partial charge on any atom is 0.355 e. The molecule has 0 aliphatic carbocycles. The lowest BCUT2D eigenvalue weighted by Gasteiger charge is -2.25. The van der Waals surface area contributed by atoms with E-state index in [1.807, 2.05) is 0 Å². The standard InChI is InChI=1S/C7H11N3O6/c1-16-10-6(14)5(8(2-11)3-12)9(4-13)7(10)15/h2,5,12-13H,3-4H2,1H3. The van der Waals surface area contributed by atoms with Crippen molar-refractivity contribution in [1.82, 2.24) is 14.9 Å². The summed E-state index contributed by atoms with van der Waals surface area (Å²) in [5.41, 5.74) is 0. The molecule has 1 aliphatic rings. The normalized spacial score (nSPS) is 20.6. The third kappa shape index (κ3) is 1.71. The van der Waals surface area contributed by atoms with Crippen LogP contribution in [0.25, 0.3) is 0 Å². The number of amides is 4. The van der Waals surface area contributed by atoms with E-state index in [1.54, 1.807) is 0 Å². The van der Waals surface area contributed by atoms with Crippen molar-refractivity contribution in [3.63, 3.8) is 0 Å². The van der Waals surface area contributed by atoms with Gasteiger partial charge in [-0.1, -0.05) is 0 Å². The first-order valence-electron chi connectivity index (χ1n) is 4.23. The fourth-order valence-corrected chi connectivity index (χ4v) is 1.35. The average Bonchev–Trinajstić information content (AvgIpc) is 2.52. The number of nitrogens with zero attached hydrogens (tertiary/aromatic N) is 3. The van der Waals surface area contributed by atoms with Gasteiger partial charge in [-0.05, 0) is 0 Å². The molecule has 1 atom stereocenters. The second-order valence-electron chi connectivity index (χ2n) is 2.84. The number of imide groups is 1. The molecule has 0 spiro atoms. The minimum absolute atomic E-state index is 0.192. The van der Waals surface area contributed by atoms with Crippen LogP contribution in [0.5, 0.6) is 0 Å². The van der Waals surface area contributed by atoms with Crippen LogP contribution in [-0.2, 0) is 14.4 Å². The number of carbonyl (C=O) groups is 3. The molecular formula is C7H11N3O6. The molecule has 9 heteroatoms. The van der Waals surface area contributed by atoms with Crippen LogP contribution < -0.4 is 0 Å². The number of carbonyl (C=O) groups excluding carboxylic acids is 3. The molecule has 0 radical (unpaired) electrons. The van der Waals surface area contributed by atoms with Crippen LogP contribution in [0.15, 0.2) is 0 Å². The summed E-state index contributed by atoms with van der Waals surface area (Å²) in [4.78, 5) is 39.4. The van der Waals surface area contributed by atoms with Gasteiger partial charge in [0, 0.05) is 0 Å². The van der Waals surface area contributed by atoms with Crippen LogP contribution in [-0.4, -0.2) is 70.2 Å². The van der Waals surface area contributed by atoms with Gasteiger partial charge in [0.15, 0.2) is 6.17 Å². The lowest BCUT2D eigenvalue weighted by Crippen LogP contribution is -2.49. The van der Waals surface area contributed by atoms with Crippen LogP contribution in [0.1, 0.15) is 0 Å². The SMILES string of the molecule is CON1C(=O)C(N(C=O)CO)N(CO)C1=O. The summed E-state index contributed by atoms with van der Waals surface area (Å²) in [7, 11) is 1.10. The van der Waals surface area contributed by atoms with Crippen molar-refractivity contribution in [3.05, 3.63) is 0 Å². The Bertz CT molecular complexity index is 308. The highest BCUT2D eigenvalue weighted by atomic mass is 16.7. The van der Waals surface area contributed by atoms with Crippen molar-refractivity contribution in [3.8, 4) is 0 Å². The highest BCUT2D eigenvalue weighted by Crippen LogP contribution is 2.18. The number of aliphatic hydroxyl groups is 2. The van der Waals surface area contributed by atoms with Gasteiger partial charge in [-0.3, -0.25) is 24.2 Å². The third-order valence-electron chi connectivity index (χ3n) is 2.08. The van der Waals surface area contributed by atoms with Gasteiger partial charge in [0.25, 0.3) is 5.91 Å². The Morgan fingerprint density at radius 2 is 2.12 bits per heavy atom. The van der Waals surface area contributed by atoms with E-state index in [2.05, 4.69) is 4.84 Å². The topological polar surface area (TPSA) is 111 Å². The number of rotatable bonds is 5. The molecular weight excluding hydrogens is 222 g/mol. The van der Waals surface area contributed by atoms with E-state index in [9.17, 15) is 14.4 Å². The Morgan fingerprint density at radius 1 is 1.50 bits per heavy atom. The van der Waals surface area contributed by atoms with Crippen molar-refractivity contribution in [2.24, 2.45) is 0 Å². The molecule has 0 aromatic rings. The molecule has 0 aromatic carbocycles. The molecule has 90 valence electrons. The molecule has 0 bridgehead atoms. The van der Waals surface area contributed by atoms with E-state index in [0.29, 0.717) is 14.9 Å². The van der Waals surface area contributed by atoms with Crippen molar-refractivity contribution < 1.29 is 29.4 Å². The summed E-state index contributed by atoms with van der Waals surface area (Å²) in [5, 5.41) is 18.1. The maximum absolute atomic E-state index is 11.6. The van der Waals surface area contributed by atoms with Crippen molar-refractivity contribution in [1.29, 1.82) is 0 Å². The molecule has 1 aliphatic heterocycles. The molecule has 1 saturated heterocycles. The number of urea groups is 1. The van der Waals surface area contributed by atoms with Gasteiger partial charge in [-0.25, -0.2) is 4.79 Å². The van der Waals surface area contributed by atoms with Crippen LogP contribution in [0, 0.1) is 0 Å². The zero-order valence-corrected chi connectivity index (χ0v) is 8.44. The van der Waals surface area contributed by atoms with Gasteiger partial charge in [-0.15, -0.1) is 5.06 Å². The smallest absolute Gasteiger partial charge is 0.355 e. The largest absolute Gasteiger partial charge is 0.376 e. The van der Waals surface area contributed by atoms with Gasteiger partial charge >= 0.3 is 6.03 Å². The molecule has 2 N–H and O–H groups in total. The van der Waals surface area contributed by atoms with E-state index in [-0.39, 0.29) is 6.41 Å².